The molecule has 1 amide bonds. The number of aryl methyl sites for hydroxylation is 1. The molecule has 9 heteroatoms. The number of Topliss-reactive ketones (excluding diaryl/α,β-unsaturated/α-hetero) is 1. The van der Waals surface area contributed by atoms with Crippen molar-refractivity contribution in [3.05, 3.63) is 104 Å². The smallest absolute Gasteiger partial charge is 0.311 e. The molecule has 1 atom stereocenters. The fourth-order valence-corrected chi connectivity index (χ4v) is 4.39. The number of nitrogens with zero attached hydrogens (tertiary/aromatic N) is 2. The average molecular weight is 505 g/mol. The molecule has 190 valence electrons. The quantitative estimate of drug-likeness (QED) is 0.155. The maximum Gasteiger partial charge on any atom is 0.311 e. The van der Waals surface area contributed by atoms with Gasteiger partial charge in [-0.1, -0.05) is 45.0 Å². The molecular formula is C28H25FN2O6. The van der Waals surface area contributed by atoms with Gasteiger partial charge < -0.3 is 10.2 Å². The van der Waals surface area contributed by atoms with Gasteiger partial charge in [0.15, 0.2) is 5.75 Å². The number of aliphatic hydroxyl groups excluding tert-OH is 1. The Morgan fingerprint density at radius 1 is 1.05 bits per heavy atom. The molecule has 2 N–H and O–H groups in total. The number of halogens is 1. The number of hydrogen-bond acceptors (Lipinski definition) is 6. The lowest BCUT2D eigenvalue weighted by Gasteiger charge is -2.26. The number of anilines is 1. The van der Waals surface area contributed by atoms with E-state index in [9.17, 15) is 34.3 Å². The van der Waals surface area contributed by atoms with E-state index in [0.29, 0.717) is 11.1 Å². The highest BCUT2D eigenvalue weighted by Gasteiger charge is 2.47. The van der Waals surface area contributed by atoms with Crippen molar-refractivity contribution in [2.45, 2.75) is 39.2 Å². The highest BCUT2D eigenvalue weighted by Crippen LogP contribution is 2.44. The van der Waals surface area contributed by atoms with Crippen molar-refractivity contribution in [1.29, 1.82) is 0 Å². The molecule has 1 heterocycles. The van der Waals surface area contributed by atoms with Gasteiger partial charge in [0.25, 0.3) is 11.7 Å². The van der Waals surface area contributed by atoms with Crippen molar-refractivity contribution in [3.63, 3.8) is 0 Å². The van der Waals surface area contributed by atoms with Gasteiger partial charge >= 0.3 is 5.69 Å². The first-order chi connectivity index (χ1) is 17.3. The summed E-state index contributed by atoms with van der Waals surface area (Å²) < 4.78 is 14.1. The van der Waals surface area contributed by atoms with Crippen LogP contribution in [0, 0.1) is 22.9 Å². The van der Waals surface area contributed by atoms with Crippen molar-refractivity contribution >= 4 is 28.8 Å². The Hall–Kier alpha value is -4.53. The van der Waals surface area contributed by atoms with E-state index in [0.717, 1.165) is 28.7 Å². The number of aromatic hydroxyl groups is 1. The summed E-state index contributed by atoms with van der Waals surface area (Å²) >= 11 is 0. The van der Waals surface area contributed by atoms with Crippen molar-refractivity contribution in [2.75, 3.05) is 4.90 Å². The Morgan fingerprint density at radius 2 is 1.76 bits per heavy atom. The molecule has 0 saturated carbocycles. The molecule has 0 spiro atoms. The van der Waals surface area contributed by atoms with Crippen LogP contribution in [0.4, 0.5) is 15.8 Å². The van der Waals surface area contributed by atoms with Crippen LogP contribution in [0.15, 0.2) is 66.2 Å². The highest BCUT2D eigenvalue weighted by molar-refractivity contribution is 6.51. The number of amides is 1. The van der Waals surface area contributed by atoms with Crippen molar-refractivity contribution in [1.82, 2.24) is 0 Å². The number of rotatable bonds is 4. The van der Waals surface area contributed by atoms with E-state index in [4.69, 9.17) is 0 Å². The maximum absolute atomic E-state index is 14.1. The summed E-state index contributed by atoms with van der Waals surface area (Å²) in [7, 11) is 0. The molecule has 3 aromatic rings. The number of phenols is 1. The van der Waals surface area contributed by atoms with E-state index >= 15 is 0 Å². The molecular weight excluding hydrogens is 479 g/mol. The highest BCUT2D eigenvalue weighted by atomic mass is 19.1. The number of carbonyl (C=O) groups is 2. The first-order valence-electron chi connectivity index (χ1n) is 11.5. The summed E-state index contributed by atoms with van der Waals surface area (Å²) in [5.74, 6) is -3.78. The number of benzene rings is 3. The molecule has 0 aromatic heterocycles. The van der Waals surface area contributed by atoms with Crippen LogP contribution in [0.25, 0.3) is 5.76 Å². The van der Waals surface area contributed by atoms with Gasteiger partial charge in [0, 0.05) is 17.3 Å². The normalized spacial score (nSPS) is 17.3. The molecule has 3 aromatic carbocycles. The predicted octanol–water partition coefficient (Wildman–Crippen LogP) is 5.67. The molecule has 0 aliphatic carbocycles. The zero-order valence-corrected chi connectivity index (χ0v) is 20.7. The summed E-state index contributed by atoms with van der Waals surface area (Å²) in [4.78, 5) is 38.3. The molecule has 1 aliphatic heterocycles. The first-order valence-corrected chi connectivity index (χ1v) is 11.5. The van der Waals surface area contributed by atoms with E-state index in [2.05, 4.69) is 0 Å². The standard InChI is InChI=1S/C28H25FN2O6/c1-15-8-10-17(28(2,3)4)13-20(15)25(33)23-24(16-9-11-22(32)21(12-16)31(36)37)30(27(35)26(23)34)19-7-5-6-18(29)14-19/h5-14,24,32-33H,1-4H3/b25-23+. The van der Waals surface area contributed by atoms with Gasteiger partial charge in [-0.25, -0.2) is 4.39 Å². The molecule has 1 unspecified atom stereocenters. The first kappa shape index (κ1) is 25.6. The zero-order chi connectivity index (χ0) is 27.2. The van der Waals surface area contributed by atoms with Gasteiger partial charge in [0.2, 0.25) is 0 Å². The monoisotopic (exact) mass is 504 g/mol. The van der Waals surface area contributed by atoms with Gasteiger partial charge in [-0.15, -0.1) is 0 Å². The largest absolute Gasteiger partial charge is 0.507 e. The van der Waals surface area contributed by atoms with Crippen LogP contribution in [-0.2, 0) is 15.0 Å². The number of ketones is 1. The van der Waals surface area contributed by atoms with E-state index < -0.39 is 45.7 Å². The predicted molar refractivity (Wildman–Crippen MR) is 136 cm³/mol. The third-order valence-corrected chi connectivity index (χ3v) is 6.40. The summed E-state index contributed by atoms with van der Waals surface area (Å²) in [6, 6.07) is 12.5. The van der Waals surface area contributed by atoms with E-state index in [1.165, 1.54) is 24.3 Å². The molecule has 1 fully saturated rings. The second kappa shape index (κ2) is 9.16. The second-order valence-corrected chi connectivity index (χ2v) is 9.93. The van der Waals surface area contributed by atoms with Crippen molar-refractivity contribution in [2.24, 2.45) is 0 Å². The maximum atomic E-state index is 14.1. The lowest BCUT2D eigenvalue weighted by molar-refractivity contribution is -0.385. The minimum Gasteiger partial charge on any atom is -0.507 e. The second-order valence-electron chi connectivity index (χ2n) is 9.93. The fourth-order valence-electron chi connectivity index (χ4n) is 4.39. The van der Waals surface area contributed by atoms with Crippen LogP contribution in [0.5, 0.6) is 5.75 Å². The third kappa shape index (κ3) is 4.55. The summed E-state index contributed by atoms with van der Waals surface area (Å²) in [5, 5.41) is 33.0. The van der Waals surface area contributed by atoms with Gasteiger partial charge in [-0.05, 0) is 59.4 Å². The number of nitro benzene ring substituents is 1. The van der Waals surface area contributed by atoms with Gasteiger partial charge in [0.1, 0.15) is 11.6 Å². The number of hydrogen-bond donors (Lipinski definition) is 2. The van der Waals surface area contributed by atoms with Crippen LogP contribution >= 0.6 is 0 Å². The fraction of sp³-hybridized carbons (Fsp3) is 0.214. The zero-order valence-electron chi connectivity index (χ0n) is 20.7. The van der Waals surface area contributed by atoms with E-state index in [-0.39, 0.29) is 22.2 Å². The third-order valence-electron chi connectivity index (χ3n) is 6.40. The summed E-state index contributed by atoms with van der Waals surface area (Å²) in [6.07, 6.45) is 0. The van der Waals surface area contributed by atoms with Gasteiger partial charge in [-0.2, -0.15) is 0 Å². The van der Waals surface area contributed by atoms with E-state index in [1.807, 2.05) is 26.8 Å². The molecule has 37 heavy (non-hydrogen) atoms. The van der Waals surface area contributed by atoms with Crippen molar-refractivity contribution < 1.29 is 29.1 Å². The molecule has 1 aliphatic rings. The Balaban J connectivity index is 2.03. The van der Waals surface area contributed by atoms with Crippen LogP contribution in [0.2, 0.25) is 0 Å². The number of aliphatic hydroxyl groups is 1. The molecule has 0 bridgehead atoms. The molecule has 1 saturated heterocycles. The van der Waals surface area contributed by atoms with Gasteiger partial charge in [0.05, 0.1) is 16.5 Å². The summed E-state index contributed by atoms with van der Waals surface area (Å²) in [6.45, 7) is 7.70. The topological polar surface area (TPSA) is 121 Å². The van der Waals surface area contributed by atoms with Crippen LogP contribution in [0.1, 0.15) is 49.1 Å². The Labute approximate surface area is 212 Å². The molecule has 8 nitrogen and oxygen atoms in total. The molecule has 0 radical (unpaired) electrons. The lowest BCUT2D eigenvalue weighted by Crippen LogP contribution is -2.29. The minimum atomic E-state index is -1.32. The number of carbonyl (C=O) groups excluding carboxylic acids is 2. The van der Waals surface area contributed by atoms with Crippen molar-refractivity contribution in [3.8, 4) is 5.75 Å². The SMILES string of the molecule is Cc1ccc(C(C)(C)C)cc1/C(O)=C1\C(=O)C(=O)N(c2cccc(F)c2)C1c1ccc(O)c([N+](=O)[O-])c1. The van der Waals surface area contributed by atoms with Crippen LogP contribution in [-0.4, -0.2) is 26.8 Å². The van der Waals surface area contributed by atoms with Crippen LogP contribution < -0.4 is 4.90 Å². The minimum absolute atomic E-state index is 0.0297. The summed E-state index contributed by atoms with van der Waals surface area (Å²) in [5.41, 5.74) is 0.711. The van der Waals surface area contributed by atoms with Crippen LogP contribution in [0.3, 0.4) is 0 Å². The Morgan fingerprint density at radius 3 is 2.38 bits per heavy atom. The van der Waals surface area contributed by atoms with E-state index in [1.54, 1.807) is 19.1 Å². The Bertz CT molecular complexity index is 1490. The Kier molecular flexibility index (Phi) is 6.33. The molecule has 4 rings (SSSR count). The number of phenolic OH excluding ortho intramolecular Hbond substituents is 1. The van der Waals surface area contributed by atoms with Gasteiger partial charge in [-0.3, -0.25) is 24.6 Å². The average Bonchev–Trinajstić information content (AvgIpc) is 3.08. The lowest BCUT2D eigenvalue weighted by atomic mass is 9.84. The number of nitro groups is 1.